The second-order valence-corrected chi connectivity index (χ2v) is 5.84. The topological polar surface area (TPSA) is 83.8 Å². The lowest BCUT2D eigenvalue weighted by molar-refractivity contribution is -0.149. The lowest BCUT2D eigenvalue weighted by Crippen LogP contribution is -2.26. The maximum Gasteiger partial charge on any atom is 0.309 e. The highest BCUT2D eigenvalue weighted by atomic mass is 16.5. The summed E-state index contributed by atoms with van der Waals surface area (Å²) in [6.07, 6.45) is 1.65. The number of carboxylic acids is 2. The molecule has 0 fully saturated rings. The zero-order valence-corrected chi connectivity index (χ0v) is 11.7. The lowest BCUT2D eigenvalue weighted by atomic mass is 9.88. The molecule has 5 heteroatoms. The van der Waals surface area contributed by atoms with Gasteiger partial charge in [0.1, 0.15) is 0 Å². The van der Waals surface area contributed by atoms with Crippen molar-refractivity contribution in [3.05, 3.63) is 0 Å². The van der Waals surface area contributed by atoms with Crippen LogP contribution in [0.1, 0.15) is 47.0 Å². The summed E-state index contributed by atoms with van der Waals surface area (Å²) in [5.41, 5.74) is -1.51. The van der Waals surface area contributed by atoms with E-state index >= 15 is 0 Å². The Kier molecular flexibility index (Phi) is 6.32. The summed E-state index contributed by atoms with van der Waals surface area (Å²) < 4.78 is 5.34. The van der Waals surface area contributed by atoms with Gasteiger partial charge in [0.25, 0.3) is 0 Å². The Hall–Kier alpha value is -1.10. The van der Waals surface area contributed by atoms with Gasteiger partial charge in [-0.15, -0.1) is 0 Å². The molecular weight excluding hydrogens is 236 g/mol. The van der Waals surface area contributed by atoms with Crippen molar-refractivity contribution in [2.24, 2.45) is 10.8 Å². The van der Waals surface area contributed by atoms with Crippen LogP contribution < -0.4 is 0 Å². The predicted molar refractivity (Wildman–Crippen MR) is 67.5 cm³/mol. The third-order valence-corrected chi connectivity index (χ3v) is 3.12. The monoisotopic (exact) mass is 260 g/mol. The third-order valence-electron chi connectivity index (χ3n) is 3.12. The van der Waals surface area contributed by atoms with Crippen LogP contribution in [0.3, 0.4) is 0 Å². The second-order valence-electron chi connectivity index (χ2n) is 5.84. The van der Waals surface area contributed by atoms with Crippen molar-refractivity contribution in [1.82, 2.24) is 0 Å². The smallest absolute Gasteiger partial charge is 0.309 e. The van der Waals surface area contributed by atoms with Crippen LogP contribution in [-0.2, 0) is 14.3 Å². The number of hydrogen-bond donors (Lipinski definition) is 2. The number of aliphatic carboxylic acids is 2. The summed E-state index contributed by atoms with van der Waals surface area (Å²) in [6.45, 7) is 7.53. The quantitative estimate of drug-likeness (QED) is 0.622. The number of carboxylic acid groups (broad SMARTS) is 2. The summed E-state index contributed by atoms with van der Waals surface area (Å²) in [4.78, 5) is 21.7. The van der Waals surface area contributed by atoms with Gasteiger partial charge in [0.05, 0.1) is 10.8 Å². The van der Waals surface area contributed by atoms with Crippen LogP contribution in [0.4, 0.5) is 0 Å². The van der Waals surface area contributed by atoms with Crippen molar-refractivity contribution < 1.29 is 24.5 Å². The second kappa shape index (κ2) is 6.73. The van der Waals surface area contributed by atoms with E-state index in [2.05, 4.69) is 0 Å². The van der Waals surface area contributed by atoms with E-state index in [1.165, 1.54) is 0 Å². The Bertz CT molecular complexity index is 264. The van der Waals surface area contributed by atoms with E-state index < -0.39 is 22.8 Å². The maximum atomic E-state index is 10.8. The molecule has 0 aromatic rings. The first-order valence-electron chi connectivity index (χ1n) is 6.14. The van der Waals surface area contributed by atoms with Gasteiger partial charge in [-0.1, -0.05) is 0 Å². The normalized spacial score (nSPS) is 12.4. The van der Waals surface area contributed by atoms with Crippen molar-refractivity contribution in [3.63, 3.8) is 0 Å². The highest BCUT2D eigenvalue weighted by molar-refractivity contribution is 5.73. The molecule has 0 radical (unpaired) electrons. The molecule has 0 aromatic heterocycles. The van der Waals surface area contributed by atoms with E-state index in [9.17, 15) is 9.59 Å². The molecule has 0 saturated carbocycles. The summed E-state index contributed by atoms with van der Waals surface area (Å²) in [6, 6.07) is 0. The molecule has 18 heavy (non-hydrogen) atoms. The first kappa shape index (κ1) is 16.9. The maximum absolute atomic E-state index is 10.8. The number of hydrogen-bond acceptors (Lipinski definition) is 3. The SMILES string of the molecule is CC(C)(CCCOCCC(C)(C)C(=O)O)C(=O)O. The van der Waals surface area contributed by atoms with Gasteiger partial charge < -0.3 is 14.9 Å². The van der Waals surface area contributed by atoms with Gasteiger partial charge in [-0.2, -0.15) is 0 Å². The first-order chi connectivity index (χ1) is 8.09. The van der Waals surface area contributed by atoms with Gasteiger partial charge in [0, 0.05) is 13.2 Å². The van der Waals surface area contributed by atoms with Gasteiger partial charge >= 0.3 is 11.9 Å². The predicted octanol–water partition coefficient (Wildman–Crippen LogP) is 2.39. The molecule has 0 aromatic carbocycles. The summed E-state index contributed by atoms with van der Waals surface area (Å²) in [5, 5.41) is 17.8. The van der Waals surface area contributed by atoms with Gasteiger partial charge in [-0.3, -0.25) is 9.59 Å². The van der Waals surface area contributed by atoms with Crippen molar-refractivity contribution in [2.45, 2.75) is 47.0 Å². The van der Waals surface area contributed by atoms with Crippen LogP contribution in [0, 0.1) is 10.8 Å². The van der Waals surface area contributed by atoms with Crippen LogP contribution in [0.25, 0.3) is 0 Å². The fourth-order valence-electron chi connectivity index (χ4n) is 1.26. The molecule has 0 bridgehead atoms. The van der Waals surface area contributed by atoms with E-state index in [1.807, 2.05) is 0 Å². The molecule has 106 valence electrons. The van der Waals surface area contributed by atoms with E-state index in [0.29, 0.717) is 32.5 Å². The third kappa shape index (κ3) is 6.00. The molecule has 2 N–H and O–H groups in total. The van der Waals surface area contributed by atoms with Crippen molar-refractivity contribution in [3.8, 4) is 0 Å². The molecule has 0 saturated heterocycles. The van der Waals surface area contributed by atoms with Gasteiger partial charge in [-0.25, -0.2) is 0 Å². The number of ether oxygens (including phenoxy) is 1. The average Bonchev–Trinajstić information content (AvgIpc) is 2.22. The molecule has 0 aliphatic rings. The van der Waals surface area contributed by atoms with Crippen molar-refractivity contribution >= 4 is 11.9 Å². The van der Waals surface area contributed by atoms with Crippen LogP contribution in [0.15, 0.2) is 0 Å². The van der Waals surface area contributed by atoms with Gasteiger partial charge in [-0.05, 0) is 47.0 Å². The van der Waals surface area contributed by atoms with Gasteiger partial charge in [0.15, 0.2) is 0 Å². The largest absolute Gasteiger partial charge is 0.481 e. The minimum absolute atomic E-state index is 0.382. The average molecular weight is 260 g/mol. The van der Waals surface area contributed by atoms with E-state index in [4.69, 9.17) is 14.9 Å². The highest BCUT2D eigenvalue weighted by Crippen LogP contribution is 2.23. The molecule has 0 amide bonds. The molecule has 0 unspecified atom stereocenters. The Morgan fingerprint density at radius 3 is 1.78 bits per heavy atom. The van der Waals surface area contributed by atoms with Crippen LogP contribution in [0.5, 0.6) is 0 Å². The Morgan fingerprint density at radius 2 is 1.33 bits per heavy atom. The molecule has 0 spiro atoms. The molecule has 5 nitrogen and oxygen atoms in total. The van der Waals surface area contributed by atoms with E-state index in [-0.39, 0.29) is 0 Å². The number of carbonyl (C=O) groups is 2. The first-order valence-corrected chi connectivity index (χ1v) is 6.14. The summed E-state index contributed by atoms with van der Waals surface area (Å²) in [7, 11) is 0. The van der Waals surface area contributed by atoms with Crippen molar-refractivity contribution in [1.29, 1.82) is 0 Å². The Balaban J connectivity index is 3.71. The summed E-state index contributed by atoms with van der Waals surface area (Å²) >= 11 is 0. The minimum Gasteiger partial charge on any atom is -0.481 e. The molecule has 0 aliphatic carbocycles. The highest BCUT2D eigenvalue weighted by Gasteiger charge is 2.27. The Labute approximate surface area is 108 Å². The molecule has 0 heterocycles. The van der Waals surface area contributed by atoms with E-state index in [0.717, 1.165) is 0 Å². The lowest BCUT2D eigenvalue weighted by Gasteiger charge is -2.20. The van der Waals surface area contributed by atoms with Gasteiger partial charge in [0.2, 0.25) is 0 Å². The van der Waals surface area contributed by atoms with Crippen LogP contribution >= 0.6 is 0 Å². The fourth-order valence-corrected chi connectivity index (χ4v) is 1.26. The standard InChI is InChI=1S/C13H24O5/c1-12(2,10(14)15)6-5-8-18-9-7-13(3,4)11(16)17/h5-9H2,1-4H3,(H,14,15)(H,16,17). The molecular formula is C13H24O5. The number of rotatable bonds is 9. The van der Waals surface area contributed by atoms with Crippen LogP contribution in [-0.4, -0.2) is 35.4 Å². The molecule has 0 aliphatic heterocycles. The zero-order chi connectivity index (χ0) is 14.4. The molecule has 0 rings (SSSR count). The minimum atomic E-state index is -0.835. The van der Waals surface area contributed by atoms with Crippen molar-refractivity contribution in [2.75, 3.05) is 13.2 Å². The zero-order valence-electron chi connectivity index (χ0n) is 11.7. The van der Waals surface area contributed by atoms with Crippen LogP contribution in [0.2, 0.25) is 0 Å². The summed E-state index contributed by atoms with van der Waals surface area (Å²) in [5.74, 6) is -1.65. The molecule has 0 atom stereocenters. The Morgan fingerprint density at radius 1 is 0.889 bits per heavy atom. The van der Waals surface area contributed by atoms with E-state index in [1.54, 1.807) is 27.7 Å². The fraction of sp³-hybridized carbons (Fsp3) is 0.846.